The van der Waals surface area contributed by atoms with Gasteiger partial charge in [0.1, 0.15) is 0 Å². The van der Waals surface area contributed by atoms with Crippen molar-refractivity contribution in [2.24, 2.45) is 0 Å². The Labute approximate surface area is 107 Å². The molecule has 1 aliphatic heterocycles. The predicted octanol–water partition coefficient (Wildman–Crippen LogP) is 2.07. The third-order valence-corrected chi connectivity index (χ3v) is 3.28. The quantitative estimate of drug-likeness (QED) is 0.868. The van der Waals surface area contributed by atoms with Crippen LogP contribution >= 0.6 is 0 Å². The summed E-state index contributed by atoms with van der Waals surface area (Å²) in [7, 11) is 0. The molecule has 0 saturated carbocycles. The normalized spacial score (nSPS) is 18.8. The molecule has 4 nitrogen and oxygen atoms in total. The molecule has 18 heavy (non-hydrogen) atoms. The summed E-state index contributed by atoms with van der Waals surface area (Å²) in [5, 5.41) is 8.84. The molecule has 1 heterocycles. The van der Waals surface area contributed by atoms with Crippen LogP contribution in [0.2, 0.25) is 0 Å². The second kappa shape index (κ2) is 5.87. The Balaban J connectivity index is 2.12. The Hall–Kier alpha value is -1.55. The van der Waals surface area contributed by atoms with Gasteiger partial charge in [0.25, 0.3) is 0 Å². The Morgan fingerprint density at radius 2 is 2.17 bits per heavy atom. The number of rotatable bonds is 5. The van der Waals surface area contributed by atoms with Crippen LogP contribution in [-0.2, 0) is 9.53 Å². The monoisotopic (exact) mass is 249 g/mol. The number of aliphatic carboxylic acids is 1. The van der Waals surface area contributed by atoms with Crippen LogP contribution in [0, 0.1) is 6.92 Å². The fourth-order valence-electron chi connectivity index (χ4n) is 2.24. The lowest BCUT2D eigenvalue weighted by Crippen LogP contribution is -2.37. The van der Waals surface area contributed by atoms with Crippen molar-refractivity contribution in [2.45, 2.75) is 25.8 Å². The predicted molar refractivity (Wildman–Crippen MR) is 70.0 cm³/mol. The molecule has 4 heteroatoms. The van der Waals surface area contributed by atoms with Crippen molar-refractivity contribution in [3.63, 3.8) is 0 Å². The van der Waals surface area contributed by atoms with E-state index in [9.17, 15) is 4.79 Å². The van der Waals surface area contributed by atoms with Crippen molar-refractivity contribution in [1.82, 2.24) is 0 Å². The maximum absolute atomic E-state index is 10.7. The molecule has 1 saturated heterocycles. The maximum Gasteiger partial charge on any atom is 0.305 e. The van der Waals surface area contributed by atoms with Gasteiger partial charge in [-0.25, -0.2) is 0 Å². The van der Waals surface area contributed by atoms with Gasteiger partial charge in [-0.05, 0) is 25.5 Å². The lowest BCUT2D eigenvalue weighted by atomic mass is 10.1. The second-order valence-electron chi connectivity index (χ2n) is 4.69. The topological polar surface area (TPSA) is 49.8 Å². The molecule has 0 bridgehead atoms. The number of carbonyl (C=O) groups is 1. The lowest BCUT2D eigenvalue weighted by molar-refractivity contribution is -0.136. The zero-order valence-corrected chi connectivity index (χ0v) is 10.6. The molecule has 1 unspecified atom stereocenters. The number of nitrogens with zero attached hydrogens (tertiary/aromatic N) is 1. The Morgan fingerprint density at radius 1 is 1.44 bits per heavy atom. The summed E-state index contributed by atoms with van der Waals surface area (Å²) < 4.78 is 5.40. The van der Waals surface area contributed by atoms with Gasteiger partial charge in [0.2, 0.25) is 0 Å². The summed E-state index contributed by atoms with van der Waals surface area (Å²) >= 11 is 0. The van der Waals surface area contributed by atoms with Crippen LogP contribution in [0.5, 0.6) is 0 Å². The van der Waals surface area contributed by atoms with Gasteiger partial charge in [0, 0.05) is 18.8 Å². The van der Waals surface area contributed by atoms with E-state index in [0.717, 1.165) is 18.7 Å². The number of hydrogen-bond donors (Lipinski definition) is 1. The molecule has 0 aromatic heterocycles. The standard InChI is InChI=1S/C14H19NO3/c1-11-2-4-12(5-3-11)15(8-6-14(16)17)13-7-9-18-10-13/h2-5,13H,6-10H2,1H3,(H,16,17). The van der Waals surface area contributed by atoms with E-state index < -0.39 is 5.97 Å². The van der Waals surface area contributed by atoms with Crippen molar-refractivity contribution < 1.29 is 14.6 Å². The highest BCUT2D eigenvalue weighted by molar-refractivity contribution is 5.67. The molecule has 2 rings (SSSR count). The van der Waals surface area contributed by atoms with Crippen molar-refractivity contribution in [3.05, 3.63) is 29.8 Å². The third kappa shape index (κ3) is 3.23. The van der Waals surface area contributed by atoms with E-state index in [1.807, 2.05) is 6.92 Å². The molecule has 1 aromatic carbocycles. The van der Waals surface area contributed by atoms with Crippen molar-refractivity contribution in [2.75, 3.05) is 24.7 Å². The Bertz CT molecular complexity index is 396. The molecule has 1 N–H and O–H groups in total. The summed E-state index contributed by atoms with van der Waals surface area (Å²) in [4.78, 5) is 12.9. The van der Waals surface area contributed by atoms with Gasteiger partial charge in [-0.1, -0.05) is 17.7 Å². The minimum Gasteiger partial charge on any atom is -0.481 e. The average Bonchev–Trinajstić information content (AvgIpc) is 2.85. The molecule has 0 aliphatic carbocycles. The fourth-order valence-corrected chi connectivity index (χ4v) is 2.24. The first-order valence-corrected chi connectivity index (χ1v) is 6.29. The van der Waals surface area contributed by atoms with Gasteiger partial charge in [-0.3, -0.25) is 4.79 Å². The van der Waals surface area contributed by atoms with Gasteiger partial charge in [-0.15, -0.1) is 0 Å². The van der Waals surface area contributed by atoms with Gasteiger partial charge in [0.05, 0.1) is 19.1 Å². The van der Waals surface area contributed by atoms with Crippen molar-refractivity contribution in [1.29, 1.82) is 0 Å². The van der Waals surface area contributed by atoms with E-state index >= 15 is 0 Å². The van der Waals surface area contributed by atoms with E-state index in [1.54, 1.807) is 0 Å². The van der Waals surface area contributed by atoms with Crippen LogP contribution < -0.4 is 4.90 Å². The lowest BCUT2D eigenvalue weighted by Gasteiger charge is -2.29. The summed E-state index contributed by atoms with van der Waals surface area (Å²) in [6.45, 7) is 4.03. The first-order chi connectivity index (χ1) is 8.66. The van der Waals surface area contributed by atoms with E-state index in [2.05, 4.69) is 29.2 Å². The minimum atomic E-state index is -0.758. The molecule has 1 fully saturated rings. The van der Waals surface area contributed by atoms with Crippen molar-refractivity contribution >= 4 is 11.7 Å². The summed E-state index contributed by atoms with van der Waals surface area (Å²) in [5.74, 6) is -0.758. The van der Waals surface area contributed by atoms with Crippen molar-refractivity contribution in [3.8, 4) is 0 Å². The summed E-state index contributed by atoms with van der Waals surface area (Å²) in [6, 6.07) is 8.51. The largest absolute Gasteiger partial charge is 0.481 e. The molecule has 0 spiro atoms. The first-order valence-electron chi connectivity index (χ1n) is 6.29. The van der Waals surface area contributed by atoms with Crippen LogP contribution in [0.15, 0.2) is 24.3 Å². The SMILES string of the molecule is Cc1ccc(N(CCC(=O)O)C2CCOC2)cc1. The van der Waals surface area contributed by atoms with E-state index in [4.69, 9.17) is 9.84 Å². The molecule has 1 aliphatic rings. The van der Waals surface area contributed by atoms with E-state index in [1.165, 1.54) is 5.56 Å². The average molecular weight is 249 g/mol. The summed E-state index contributed by atoms with van der Waals surface area (Å²) in [6.07, 6.45) is 1.12. The van der Waals surface area contributed by atoms with Gasteiger partial charge >= 0.3 is 5.97 Å². The first kappa shape index (κ1) is 12.9. The smallest absolute Gasteiger partial charge is 0.305 e. The zero-order valence-electron chi connectivity index (χ0n) is 10.6. The number of carboxylic acid groups (broad SMARTS) is 1. The van der Waals surface area contributed by atoms with E-state index in [-0.39, 0.29) is 6.42 Å². The molecular weight excluding hydrogens is 230 g/mol. The van der Waals surface area contributed by atoms with Crippen LogP contribution in [-0.4, -0.2) is 36.9 Å². The molecule has 98 valence electrons. The van der Waals surface area contributed by atoms with Crippen LogP contribution in [0.4, 0.5) is 5.69 Å². The van der Waals surface area contributed by atoms with E-state index in [0.29, 0.717) is 19.2 Å². The zero-order chi connectivity index (χ0) is 13.0. The Morgan fingerprint density at radius 3 is 2.72 bits per heavy atom. The van der Waals surface area contributed by atoms with Gasteiger partial charge in [0.15, 0.2) is 0 Å². The minimum absolute atomic E-state index is 0.157. The number of hydrogen-bond acceptors (Lipinski definition) is 3. The molecule has 1 atom stereocenters. The number of anilines is 1. The van der Waals surface area contributed by atoms with Gasteiger partial charge in [-0.2, -0.15) is 0 Å². The number of aryl methyl sites for hydroxylation is 1. The molecule has 0 radical (unpaired) electrons. The highest BCUT2D eigenvalue weighted by Crippen LogP contribution is 2.22. The highest BCUT2D eigenvalue weighted by atomic mass is 16.5. The van der Waals surface area contributed by atoms with Crippen LogP contribution in [0.25, 0.3) is 0 Å². The maximum atomic E-state index is 10.7. The van der Waals surface area contributed by atoms with Crippen LogP contribution in [0.3, 0.4) is 0 Å². The molecule has 1 aromatic rings. The molecular formula is C14H19NO3. The second-order valence-corrected chi connectivity index (χ2v) is 4.69. The number of carboxylic acids is 1. The number of benzene rings is 1. The third-order valence-electron chi connectivity index (χ3n) is 3.28. The van der Waals surface area contributed by atoms with Crippen LogP contribution in [0.1, 0.15) is 18.4 Å². The Kier molecular flexibility index (Phi) is 4.20. The van der Waals surface area contributed by atoms with Gasteiger partial charge < -0.3 is 14.7 Å². The highest BCUT2D eigenvalue weighted by Gasteiger charge is 2.23. The molecule has 0 amide bonds. The number of ether oxygens (including phenoxy) is 1. The summed E-state index contributed by atoms with van der Waals surface area (Å²) in [5.41, 5.74) is 2.29. The fraction of sp³-hybridized carbons (Fsp3) is 0.500.